The number of anilines is 1. The highest BCUT2D eigenvalue weighted by Gasteiger charge is 2.37. The summed E-state index contributed by atoms with van der Waals surface area (Å²) >= 11 is 6.14. The first kappa shape index (κ1) is 24.3. The standard InChI is InChI=1S/C27H23ClF2N6O2/c1-27(2)10-12-3-5-15(28)23(29)21(12)14-9-20(37)36-17(22(14)26(38)35-27)6-7-18(36)25-32-11-16(33-25)13-4-8-19(31)34-24(13)30/h3-5,8-9,11,18H,6-7,10H2,1-2H3,(H2,31,34)(H,32,33)(H,35,38)/t18-/m0/s1. The molecular weight excluding hydrogens is 514 g/mol. The summed E-state index contributed by atoms with van der Waals surface area (Å²) in [5.74, 6) is -1.32. The zero-order chi connectivity index (χ0) is 26.9. The predicted molar refractivity (Wildman–Crippen MR) is 139 cm³/mol. The lowest BCUT2D eigenvalue weighted by Crippen LogP contribution is -2.47. The smallest absolute Gasteiger partial charge is 0.254 e. The monoisotopic (exact) mass is 536 g/mol. The number of nitrogens with zero attached hydrogens (tertiary/aromatic N) is 3. The highest BCUT2D eigenvalue weighted by Crippen LogP contribution is 2.40. The topological polar surface area (TPSA) is 119 Å². The predicted octanol–water partition coefficient (Wildman–Crippen LogP) is 4.41. The number of aromatic nitrogens is 4. The summed E-state index contributed by atoms with van der Waals surface area (Å²) in [6.07, 6.45) is 2.66. The number of aromatic amines is 1. The van der Waals surface area contributed by atoms with Crippen molar-refractivity contribution in [3.63, 3.8) is 0 Å². The van der Waals surface area contributed by atoms with Gasteiger partial charge < -0.3 is 20.6 Å². The van der Waals surface area contributed by atoms with E-state index in [4.69, 9.17) is 17.3 Å². The first-order chi connectivity index (χ1) is 18.0. The van der Waals surface area contributed by atoms with Gasteiger partial charge in [-0.15, -0.1) is 0 Å². The number of hydrogen-bond acceptors (Lipinski definition) is 5. The quantitative estimate of drug-likeness (QED) is 0.328. The van der Waals surface area contributed by atoms with Crippen molar-refractivity contribution in [1.82, 2.24) is 24.8 Å². The number of nitrogen functional groups attached to an aromatic ring is 1. The minimum Gasteiger partial charge on any atom is -0.384 e. The van der Waals surface area contributed by atoms with Gasteiger partial charge in [0.2, 0.25) is 5.95 Å². The van der Waals surface area contributed by atoms with Gasteiger partial charge in [-0.1, -0.05) is 17.7 Å². The zero-order valence-electron chi connectivity index (χ0n) is 20.5. The lowest BCUT2D eigenvalue weighted by molar-refractivity contribution is 0.0911. The van der Waals surface area contributed by atoms with Crippen molar-refractivity contribution in [3.05, 3.63) is 86.3 Å². The van der Waals surface area contributed by atoms with Crippen LogP contribution in [-0.4, -0.2) is 31.0 Å². The average molecular weight is 537 g/mol. The van der Waals surface area contributed by atoms with Crippen LogP contribution in [0.2, 0.25) is 5.02 Å². The minimum atomic E-state index is -0.746. The number of carbonyl (C=O) groups excluding carboxylic acids is 1. The third kappa shape index (κ3) is 3.78. The highest BCUT2D eigenvalue weighted by molar-refractivity contribution is 6.31. The third-order valence-corrected chi connectivity index (χ3v) is 7.45. The van der Waals surface area contributed by atoms with E-state index in [1.807, 2.05) is 13.8 Å². The van der Waals surface area contributed by atoms with E-state index in [2.05, 4.69) is 20.3 Å². The Bertz CT molecular complexity index is 1710. The van der Waals surface area contributed by atoms with Gasteiger partial charge in [-0.2, -0.15) is 4.39 Å². The van der Waals surface area contributed by atoms with Crippen LogP contribution in [0.3, 0.4) is 0 Å². The molecule has 1 atom stereocenters. The minimum absolute atomic E-state index is 0.0551. The van der Waals surface area contributed by atoms with Crippen molar-refractivity contribution in [2.45, 2.75) is 44.7 Å². The number of amides is 1. The fraction of sp³-hybridized carbons (Fsp3) is 0.259. The average Bonchev–Trinajstić information content (AvgIpc) is 3.48. The molecule has 0 fully saturated rings. The van der Waals surface area contributed by atoms with Crippen molar-refractivity contribution < 1.29 is 13.6 Å². The van der Waals surface area contributed by atoms with E-state index in [0.29, 0.717) is 42.0 Å². The fourth-order valence-corrected chi connectivity index (χ4v) is 5.74. The van der Waals surface area contributed by atoms with Crippen LogP contribution in [0.15, 0.2) is 41.3 Å². The van der Waals surface area contributed by atoms with Crippen LogP contribution in [-0.2, 0) is 12.8 Å². The van der Waals surface area contributed by atoms with E-state index in [1.54, 1.807) is 6.07 Å². The van der Waals surface area contributed by atoms with Crippen LogP contribution in [0.25, 0.3) is 22.4 Å². The SMILES string of the molecule is CC1(C)Cc2ccc(Cl)c(F)c2-c2cc(=O)n3c(c2C(=O)N1)CC[C@H]3c1ncc(-c2ccc(N)nc2F)[nH]1. The van der Waals surface area contributed by atoms with Crippen LogP contribution >= 0.6 is 11.6 Å². The molecule has 0 aliphatic carbocycles. The Hall–Kier alpha value is -4.05. The Labute approximate surface area is 220 Å². The molecule has 38 heavy (non-hydrogen) atoms. The molecule has 1 aromatic carbocycles. The summed E-state index contributed by atoms with van der Waals surface area (Å²) in [5, 5.41) is 2.95. The summed E-state index contributed by atoms with van der Waals surface area (Å²) in [5.41, 5.74) is 6.80. The maximum Gasteiger partial charge on any atom is 0.254 e. The molecule has 0 unspecified atom stereocenters. The molecule has 3 aromatic heterocycles. The molecule has 0 saturated heterocycles. The molecule has 8 nitrogen and oxygen atoms in total. The van der Waals surface area contributed by atoms with E-state index in [0.717, 1.165) is 0 Å². The Morgan fingerprint density at radius 2 is 1.92 bits per heavy atom. The van der Waals surface area contributed by atoms with Gasteiger partial charge in [-0.3, -0.25) is 9.59 Å². The highest BCUT2D eigenvalue weighted by atomic mass is 35.5. The second-order valence-electron chi connectivity index (χ2n) is 10.3. The van der Waals surface area contributed by atoms with Gasteiger partial charge in [0.15, 0.2) is 0 Å². The maximum absolute atomic E-state index is 15.5. The number of benzene rings is 1. The molecule has 6 rings (SSSR count). The molecule has 4 N–H and O–H groups in total. The van der Waals surface area contributed by atoms with E-state index in [1.165, 1.54) is 35.0 Å². The molecule has 2 aliphatic rings. The molecule has 0 spiro atoms. The van der Waals surface area contributed by atoms with Crippen molar-refractivity contribution in [1.29, 1.82) is 0 Å². The lowest BCUT2D eigenvalue weighted by Gasteiger charge is -2.32. The first-order valence-corrected chi connectivity index (χ1v) is 12.5. The fourth-order valence-electron chi connectivity index (χ4n) is 5.58. The molecule has 2 aliphatic heterocycles. The van der Waals surface area contributed by atoms with Gasteiger partial charge in [-0.25, -0.2) is 14.4 Å². The van der Waals surface area contributed by atoms with Crippen molar-refractivity contribution in [2.24, 2.45) is 0 Å². The Balaban J connectivity index is 1.52. The van der Waals surface area contributed by atoms with Crippen molar-refractivity contribution >= 4 is 23.3 Å². The summed E-state index contributed by atoms with van der Waals surface area (Å²) < 4.78 is 31.4. The van der Waals surface area contributed by atoms with E-state index in [9.17, 15) is 14.0 Å². The van der Waals surface area contributed by atoms with Crippen molar-refractivity contribution in [3.8, 4) is 22.4 Å². The number of H-pyrrole nitrogens is 1. The Kier molecular flexibility index (Phi) is 5.43. The van der Waals surface area contributed by atoms with Crippen LogP contribution in [0.1, 0.15) is 53.7 Å². The number of rotatable bonds is 2. The number of hydrogen-bond donors (Lipinski definition) is 3. The number of imidazole rings is 1. The van der Waals surface area contributed by atoms with Crippen LogP contribution in [0.5, 0.6) is 0 Å². The summed E-state index contributed by atoms with van der Waals surface area (Å²) in [6, 6.07) is 6.95. The van der Waals surface area contributed by atoms with Gasteiger partial charge in [0.25, 0.3) is 11.5 Å². The third-order valence-electron chi connectivity index (χ3n) is 7.15. The van der Waals surface area contributed by atoms with E-state index >= 15 is 4.39 Å². The summed E-state index contributed by atoms with van der Waals surface area (Å²) in [6.45, 7) is 3.72. The van der Waals surface area contributed by atoms with Gasteiger partial charge in [-0.05, 0) is 56.9 Å². The molecule has 4 aromatic rings. The summed E-state index contributed by atoms with van der Waals surface area (Å²) in [4.78, 5) is 38.3. The second kappa shape index (κ2) is 8.49. The normalized spacial score (nSPS) is 17.7. The van der Waals surface area contributed by atoms with Gasteiger partial charge in [0.1, 0.15) is 17.5 Å². The molecule has 0 bridgehead atoms. The largest absolute Gasteiger partial charge is 0.384 e. The Morgan fingerprint density at radius 3 is 2.68 bits per heavy atom. The zero-order valence-corrected chi connectivity index (χ0v) is 21.3. The molecule has 194 valence electrons. The number of fused-ring (bicyclic) bond motifs is 5. The van der Waals surface area contributed by atoms with Gasteiger partial charge in [0, 0.05) is 28.4 Å². The van der Waals surface area contributed by atoms with Crippen LogP contribution < -0.4 is 16.6 Å². The number of halogens is 3. The van der Waals surface area contributed by atoms with Crippen LogP contribution in [0, 0.1) is 11.8 Å². The molecule has 11 heteroatoms. The van der Waals surface area contributed by atoms with E-state index < -0.39 is 34.8 Å². The Morgan fingerprint density at radius 1 is 1.13 bits per heavy atom. The van der Waals surface area contributed by atoms with Gasteiger partial charge in [0.05, 0.1) is 34.1 Å². The molecule has 0 saturated carbocycles. The second-order valence-corrected chi connectivity index (χ2v) is 10.7. The number of pyridine rings is 2. The number of nitrogens with one attached hydrogen (secondary N) is 2. The molecule has 1 amide bonds. The molecule has 5 heterocycles. The number of carbonyl (C=O) groups is 1. The molecule has 0 radical (unpaired) electrons. The van der Waals surface area contributed by atoms with Crippen LogP contribution in [0.4, 0.5) is 14.6 Å². The number of nitrogens with two attached hydrogens (primary N) is 1. The molecular formula is C27H23ClF2N6O2. The maximum atomic E-state index is 15.5. The van der Waals surface area contributed by atoms with Crippen molar-refractivity contribution in [2.75, 3.05) is 5.73 Å². The first-order valence-electron chi connectivity index (χ1n) is 12.1. The van der Waals surface area contributed by atoms with Gasteiger partial charge >= 0.3 is 0 Å². The lowest BCUT2D eigenvalue weighted by atomic mass is 9.84. The van der Waals surface area contributed by atoms with E-state index in [-0.39, 0.29) is 33.1 Å². The summed E-state index contributed by atoms with van der Waals surface area (Å²) in [7, 11) is 0.